The number of benzene rings is 1. The van der Waals surface area contributed by atoms with Crippen LogP contribution in [0.1, 0.15) is 19.3 Å². The second kappa shape index (κ2) is 9.47. The van der Waals surface area contributed by atoms with Crippen molar-refractivity contribution >= 4 is 29.9 Å². The normalized spacial score (nSPS) is 15.0. The van der Waals surface area contributed by atoms with Crippen LogP contribution in [0.5, 0.6) is 0 Å². The molecule has 0 aromatic heterocycles. The zero-order valence-corrected chi connectivity index (χ0v) is 14.0. The fraction of sp³-hybridized carbons (Fsp3) is 0.500. The van der Waals surface area contributed by atoms with Gasteiger partial charge in [0.15, 0.2) is 0 Å². The minimum absolute atomic E-state index is 0. The van der Waals surface area contributed by atoms with Gasteiger partial charge in [0.05, 0.1) is 0 Å². The first kappa shape index (κ1) is 19.4. The first-order chi connectivity index (χ1) is 10.6. The topological polar surface area (TPSA) is 61.4 Å². The van der Waals surface area contributed by atoms with Crippen LogP contribution in [0.15, 0.2) is 24.3 Å². The van der Waals surface area contributed by atoms with E-state index in [1.165, 1.54) is 12.1 Å². The number of piperidine rings is 1. The van der Waals surface area contributed by atoms with E-state index >= 15 is 0 Å². The number of hydrogen-bond donors (Lipinski definition) is 2. The van der Waals surface area contributed by atoms with Crippen molar-refractivity contribution in [3.8, 4) is 0 Å². The van der Waals surface area contributed by atoms with E-state index in [1.54, 1.807) is 12.1 Å². The summed E-state index contributed by atoms with van der Waals surface area (Å²) in [4.78, 5) is 25.9. The molecule has 1 saturated heterocycles. The summed E-state index contributed by atoms with van der Waals surface area (Å²) in [6.07, 6.45) is 1.77. The molecule has 0 spiro atoms. The summed E-state index contributed by atoms with van der Waals surface area (Å²) >= 11 is 0. The number of amides is 2. The molecule has 1 aliphatic rings. The Hall–Kier alpha value is -1.66. The minimum Gasteiger partial charge on any atom is -0.343 e. The van der Waals surface area contributed by atoms with Crippen LogP contribution in [0.25, 0.3) is 0 Å². The van der Waals surface area contributed by atoms with Crippen molar-refractivity contribution in [1.29, 1.82) is 0 Å². The van der Waals surface area contributed by atoms with E-state index in [-0.39, 0.29) is 36.0 Å². The first-order valence-corrected chi connectivity index (χ1v) is 7.59. The molecule has 128 valence electrons. The lowest BCUT2D eigenvalue weighted by Gasteiger charge is -2.31. The Kier molecular flexibility index (Phi) is 7.98. The third kappa shape index (κ3) is 5.80. The van der Waals surface area contributed by atoms with E-state index in [9.17, 15) is 14.0 Å². The smallest absolute Gasteiger partial charge is 0.227 e. The minimum atomic E-state index is -0.372. The molecule has 5 nitrogen and oxygen atoms in total. The average Bonchev–Trinajstić information content (AvgIpc) is 2.52. The van der Waals surface area contributed by atoms with Gasteiger partial charge in [-0.3, -0.25) is 9.59 Å². The van der Waals surface area contributed by atoms with Crippen LogP contribution in [0, 0.1) is 11.7 Å². The molecule has 0 radical (unpaired) electrons. The van der Waals surface area contributed by atoms with Crippen LogP contribution in [0.4, 0.5) is 10.1 Å². The third-order valence-electron chi connectivity index (χ3n) is 3.90. The second-order valence-electron chi connectivity index (χ2n) is 5.51. The molecular formula is C16H23ClFN3O2. The van der Waals surface area contributed by atoms with Crippen LogP contribution in [-0.4, -0.2) is 43.4 Å². The third-order valence-corrected chi connectivity index (χ3v) is 3.90. The van der Waals surface area contributed by atoms with Crippen LogP contribution in [-0.2, 0) is 9.59 Å². The quantitative estimate of drug-likeness (QED) is 0.860. The number of carbonyl (C=O) groups excluding carboxylic acids is 2. The molecule has 1 aliphatic heterocycles. The number of rotatable bonds is 5. The van der Waals surface area contributed by atoms with Gasteiger partial charge in [-0.2, -0.15) is 0 Å². The van der Waals surface area contributed by atoms with Gasteiger partial charge in [0, 0.05) is 37.7 Å². The molecule has 2 N–H and O–H groups in total. The summed E-state index contributed by atoms with van der Waals surface area (Å²) in [5.74, 6) is -0.481. The lowest BCUT2D eigenvalue weighted by atomic mass is 9.95. The Labute approximate surface area is 142 Å². The van der Waals surface area contributed by atoms with Gasteiger partial charge < -0.3 is 15.5 Å². The van der Waals surface area contributed by atoms with Crippen LogP contribution in [0.2, 0.25) is 0 Å². The van der Waals surface area contributed by atoms with Gasteiger partial charge in [-0.25, -0.2) is 4.39 Å². The highest BCUT2D eigenvalue weighted by molar-refractivity contribution is 5.92. The van der Waals surface area contributed by atoms with E-state index in [1.807, 2.05) is 11.9 Å². The van der Waals surface area contributed by atoms with Crippen LogP contribution in [0.3, 0.4) is 0 Å². The van der Waals surface area contributed by atoms with Gasteiger partial charge in [-0.1, -0.05) is 6.07 Å². The van der Waals surface area contributed by atoms with Crippen molar-refractivity contribution in [3.63, 3.8) is 0 Å². The van der Waals surface area contributed by atoms with Gasteiger partial charge in [0.1, 0.15) is 5.82 Å². The van der Waals surface area contributed by atoms with Gasteiger partial charge in [-0.05, 0) is 38.1 Å². The zero-order chi connectivity index (χ0) is 15.9. The molecule has 7 heteroatoms. The molecule has 0 atom stereocenters. The fourth-order valence-electron chi connectivity index (χ4n) is 2.59. The van der Waals surface area contributed by atoms with Crippen molar-refractivity contribution in [1.82, 2.24) is 10.2 Å². The lowest BCUT2D eigenvalue weighted by Crippen LogP contribution is -2.42. The summed E-state index contributed by atoms with van der Waals surface area (Å²) in [6, 6.07) is 5.87. The van der Waals surface area contributed by atoms with E-state index in [0.717, 1.165) is 0 Å². The standard InChI is InChI=1S/C16H22FN3O2.ClH/c1-18-8-5-15(21)20-9-6-12(7-10-20)16(22)19-14-4-2-3-13(17)11-14;/h2-4,11-12,18H,5-10H2,1H3,(H,19,22);1H. The second-order valence-corrected chi connectivity index (χ2v) is 5.51. The van der Waals surface area contributed by atoms with E-state index in [4.69, 9.17) is 0 Å². The molecule has 0 unspecified atom stereocenters. The average molecular weight is 344 g/mol. The Morgan fingerprint density at radius 3 is 2.61 bits per heavy atom. The summed E-state index contributed by atoms with van der Waals surface area (Å²) in [5.41, 5.74) is 0.470. The summed E-state index contributed by atoms with van der Waals surface area (Å²) < 4.78 is 13.1. The maximum absolute atomic E-state index is 13.1. The summed E-state index contributed by atoms with van der Waals surface area (Å²) in [6.45, 7) is 1.87. The highest BCUT2D eigenvalue weighted by atomic mass is 35.5. The number of nitrogens with one attached hydrogen (secondary N) is 2. The number of halogens is 2. The molecule has 2 rings (SSSR count). The molecule has 0 saturated carbocycles. The van der Waals surface area contributed by atoms with E-state index in [0.29, 0.717) is 44.6 Å². The Morgan fingerprint density at radius 2 is 2.00 bits per heavy atom. The predicted octanol–water partition coefficient (Wildman–Crippen LogP) is 2.03. The number of hydrogen-bond acceptors (Lipinski definition) is 3. The number of nitrogens with zero attached hydrogens (tertiary/aromatic N) is 1. The fourth-order valence-corrected chi connectivity index (χ4v) is 2.59. The summed E-state index contributed by atoms with van der Waals surface area (Å²) in [5, 5.41) is 5.69. The molecule has 1 aromatic rings. The van der Waals surface area contributed by atoms with Gasteiger partial charge >= 0.3 is 0 Å². The van der Waals surface area contributed by atoms with Crippen molar-refractivity contribution in [2.75, 3.05) is 32.0 Å². The zero-order valence-electron chi connectivity index (χ0n) is 13.2. The Morgan fingerprint density at radius 1 is 1.30 bits per heavy atom. The van der Waals surface area contributed by atoms with E-state index in [2.05, 4.69) is 10.6 Å². The Bertz CT molecular complexity index is 534. The van der Waals surface area contributed by atoms with Gasteiger partial charge in [-0.15, -0.1) is 12.4 Å². The van der Waals surface area contributed by atoms with Crippen molar-refractivity contribution in [3.05, 3.63) is 30.1 Å². The first-order valence-electron chi connectivity index (χ1n) is 7.59. The van der Waals surface area contributed by atoms with Crippen molar-refractivity contribution < 1.29 is 14.0 Å². The lowest BCUT2D eigenvalue weighted by molar-refractivity contribution is -0.134. The molecule has 1 fully saturated rings. The molecular weight excluding hydrogens is 321 g/mol. The van der Waals surface area contributed by atoms with E-state index < -0.39 is 0 Å². The molecule has 0 aliphatic carbocycles. The molecule has 2 amide bonds. The largest absolute Gasteiger partial charge is 0.343 e. The van der Waals surface area contributed by atoms with Crippen molar-refractivity contribution in [2.24, 2.45) is 5.92 Å². The number of carbonyl (C=O) groups is 2. The van der Waals surface area contributed by atoms with Gasteiger partial charge in [0.2, 0.25) is 11.8 Å². The maximum Gasteiger partial charge on any atom is 0.227 e. The predicted molar refractivity (Wildman–Crippen MR) is 90.1 cm³/mol. The number of anilines is 1. The Balaban J connectivity index is 0.00000264. The molecule has 1 heterocycles. The summed E-state index contributed by atoms with van der Waals surface area (Å²) in [7, 11) is 1.82. The number of likely N-dealkylation sites (tertiary alicyclic amines) is 1. The highest BCUT2D eigenvalue weighted by Crippen LogP contribution is 2.20. The van der Waals surface area contributed by atoms with Crippen LogP contribution >= 0.6 is 12.4 Å². The van der Waals surface area contributed by atoms with Crippen molar-refractivity contribution in [2.45, 2.75) is 19.3 Å². The van der Waals surface area contributed by atoms with Crippen LogP contribution < -0.4 is 10.6 Å². The molecule has 1 aromatic carbocycles. The maximum atomic E-state index is 13.1. The van der Waals surface area contributed by atoms with Gasteiger partial charge in [0.25, 0.3) is 0 Å². The monoisotopic (exact) mass is 343 g/mol. The SMILES string of the molecule is CNCCC(=O)N1CCC(C(=O)Nc2cccc(F)c2)CC1.Cl. The molecule has 0 bridgehead atoms. The highest BCUT2D eigenvalue weighted by Gasteiger charge is 2.27. The molecule has 23 heavy (non-hydrogen) atoms.